The number of carbonyl (C=O) groups is 1. The quantitative estimate of drug-likeness (QED) is 0.839. The van der Waals surface area contributed by atoms with Crippen molar-refractivity contribution >= 4 is 17.6 Å². The molecule has 0 aromatic heterocycles. The van der Waals surface area contributed by atoms with Crippen LogP contribution in [0.3, 0.4) is 0 Å². The van der Waals surface area contributed by atoms with Gasteiger partial charge in [0, 0.05) is 18.1 Å². The maximum absolute atomic E-state index is 12.8. The Balaban J connectivity index is 1.64. The van der Waals surface area contributed by atoms with Gasteiger partial charge in [-0.3, -0.25) is 0 Å². The molecule has 0 fully saturated rings. The van der Waals surface area contributed by atoms with Crippen LogP contribution in [0.4, 0.5) is 9.18 Å². The smallest absolute Gasteiger partial charge is 0.314 e. The Morgan fingerprint density at radius 1 is 0.955 bits per heavy atom. The standard InChI is InChI=1S/C17H18ClFN2O/c18-16-4-2-1-3-14(16)10-12-21-17(22)20-11-9-13-5-7-15(19)8-6-13/h1-8H,9-12H2,(H2,20,21,22). The first-order valence-corrected chi connectivity index (χ1v) is 7.52. The molecule has 0 aliphatic carbocycles. The summed E-state index contributed by atoms with van der Waals surface area (Å²) in [6, 6.07) is 13.6. The SMILES string of the molecule is O=C(NCCc1ccc(F)cc1)NCCc1ccccc1Cl. The van der Waals surface area contributed by atoms with E-state index in [9.17, 15) is 9.18 Å². The van der Waals surface area contributed by atoms with Crippen molar-refractivity contribution in [2.75, 3.05) is 13.1 Å². The summed E-state index contributed by atoms with van der Waals surface area (Å²) in [5, 5.41) is 6.26. The monoisotopic (exact) mass is 320 g/mol. The maximum Gasteiger partial charge on any atom is 0.314 e. The summed E-state index contributed by atoms with van der Waals surface area (Å²) < 4.78 is 12.8. The Labute approximate surface area is 134 Å². The van der Waals surface area contributed by atoms with Crippen molar-refractivity contribution in [3.8, 4) is 0 Å². The van der Waals surface area contributed by atoms with Crippen molar-refractivity contribution in [2.45, 2.75) is 12.8 Å². The number of urea groups is 1. The van der Waals surface area contributed by atoms with Crippen LogP contribution in [-0.4, -0.2) is 19.1 Å². The van der Waals surface area contributed by atoms with E-state index in [0.29, 0.717) is 31.0 Å². The summed E-state index contributed by atoms with van der Waals surface area (Å²) in [7, 11) is 0. The summed E-state index contributed by atoms with van der Waals surface area (Å²) >= 11 is 6.05. The highest BCUT2D eigenvalue weighted by Gasteiger charge is 2.02. The number of amides is 2. The first-order valence-electron chi connectivity index (χ1n) is 7.15. The third kappa shape index (κ3) is 5.37. The Kier molecular flexibility index (Phi) is 6.22. The van der Waals surface area contributed by atoms with Crippen molar-refractivity contribution in [1.29, 1.82) is 0 Å². The molecule has 0 radical (unpaired) electrons. The van der Waals surface area contributed by atoms with Crippen LogP contribution in [0.2, 0.25) is 5.02 Å². The van der Waals surface area contributed by atoms with Gasteiger partial charge in [-0.2, -0.15) is 0 Å². The zero-order valence-corrected chi connectivity index (χ0v) is 12.9. The molecule has 0 spiro atoms. The molecule has 3 nitrogen and oxygen atoms in total. The number of nitrogens with one attached hydrogen (secondary N) is 2. The van der Waals surface area contributed by atoms with Crippen molar-refractivity contribution in [1.82, 2.24) is 10.6 Å². The van der Waals surface area contributed by atoms with E-state index in [1.807, 2.05) is 24.3 Å². The van der Waals surface area contributed by atoms with Gasteiger partial charge in [0.05, 0.1) is 0 Å². The van der Waals surface area contributed by atoms with E-state index >= 15 is 0 Å². The highest BCUT2D eigenvalue weighted by molar-refractivity contribution is 6.31. The van der Waals surface area contributed by atoms with Gasteiger partial charge in [-0.25, -0.2) is 9.18 Å². The number of hydrogen-bond acceptors (Lipinski definition) is 1. The predicted molar refractivity (Wildman–Crippen MR) is 86.7 cm³/mol. The second kappa shape index (κ2) is 8.39. The molecule has 0 saturated carbocycles. The molecule has 2 aromatic carbocycles. The molecule has 22 heavy (non-hydrogen) atoms. The van der Waals surface area contributed by atoms with E-state index in [0.717, 1.165) is 11.1 Å². The molecule has 5 heteroatoms. The van der Waals surface area contributed by atoms with Gasteiger partial charge in [0.25, 0.3) is 0 Å². The van der Waals surface area contributed by atoms with E-state index in [4.69, 9.17) is 11.6 Å². The van der Waals surface area contributed by atoms with Crippen LogP contribution < -0.4 is 10.6 Å². The molecular weight excluding hydrogens is 303 g/mol. The van der Waals surface area contributed by atoms with Gasteiger partial charge in [0.15, 0.2) is 0 Å². The first kappa shape index (κ1) is 16.3. The molecule has 0 unspecified atom stereocenters. The summed E-state index contributed by atoms with van der Waals surface area (Å²) in [6.45, 7) is 1.02. The van der Waals surface area contributed by atoms with E-state index in [1.54, 1.807) is 12.1 Å². The van der Waals surface area contributed by atoms with Gasteiger partial charge in [-0.15, -0.1) is 0 Å². The lowest BCUT2D eigenvalue weighted by Crippen LogP contribution is -2.37. The molecule has 2 aromatic rings. The zero-order valence-electron chi connectivity index (χ0n) is 12.1. The summed E-state index contributed by atoms with van der Waals surface area (Å²) in [5.41, 5.74) is 1.99. The van der Waals surface area contributed by atoms with Crippen molar-refractivity contribution in [3.63, 3.8) is 0 Å². The number of hydrogen-bond donors (Lipinski definition) is 2. The van der Waals surface area contributed by atoms with Gasteiger partial charge in [-0.05, 0) is 42.2 Å². The zero-order chi connectivity index (χ0) is 15.8. The average molecular weight is 321 g/mol. The largest absolute Gasteiger partial charge is 0.338 e. The fourth-order valence-corrected chi connectivity index (χ4v) is 2.28. The predicted octanol–water partition coefficient (Wildman–Crippen LogP) is 3.56. The summed E-state index contributed by atoms with van der Waals surface area (Å²) in [4.78, 5) is 11.6. The second-order valence-corrected chi connectivity index (χ2v) is 5.31. The molecule has 0 atom stereocenters. The van der Waals surface area contributed by atoms with Crippen LogP contribution in [0.5, 0.6) is 0 Å². The number of rotatable bonds is 6. The molecule has 2 N–H and O–H groups in total. The summed E-state index contributed by atoms with van der Waals surface area (Å²) in [5.74, 6) is -0.256. The fourth-order valence-electron chi connectivity index (χ4n) is 2.05. The topological polar surface area (TPSA) is 41.1 Å². The Morgan fingerprint density at radius 3 is 2.27 bits per heavy atom. The molecule has 0 aliphatic rings. The molecule has 2 rings (SSSR count). The fraction of sp³-hybridized carbons (Fsp3) is 0.235. The minimum absolute atomic E-state index is 0.214. The van der Waals surface area contributed by atoms with Crippen LogP contribution >= 0.6 is 11.6 Å². The van der Waals surface area contributed by atoms with Gasteiger partial charge in [0.1, 0.15) is 5.82 Å². The molecule has 0 heterocycles. The van der Waals surface area contributed by atoms with Gasteiger partial charge in [0.2, 0.25) is 0 Å². The van der Waals surface area contributed by atoms with Gasteiger partial charge < -0.3 is 10.6 Å². The van der Waals surface area contributed by atoms with E-state index < -0.39 is 0 Å². The molecule has 0 aliphatic heterocycles. The first-order chi connectivity index (χ1) is 10.6. The third-order valence-corrected chi connectivity index (χ3v) is 3.62. The third-order valence-electron chi connectivity index (χ3n) is 3.25. The van der Waals surface area contributed by atoms with Crippen molar-refractivity contribution < 1.29 is 9.18 Å². The Morgan fingerprint density at radius 2 is 1.59 bits per heavy atom. The second-order valence-electron chi connectivity index (χ2n) is 4.90. The highest BCUT2D eigenvalue weighted by Crippen LogP contribution is 2.14. The lowest BCUT2D eigenvalue weighted by molar-refractivity contribution is 0.241. The average Bonchev–Trinajstić information content (AvgIpc) is 2.51. The van der Waals surface area contributed by atoms with Gasteiger partial charge in [-0.1, -0.05) is 41.9 Å². The van der Waals surface area contributed by atoms with Crippen LogP contribution in [0.25, 0.3) is 0 Å². The van der Waals surface area contributed by atoms with E-state index in [1.165, 1.54) is 12.1 Å². The highest BCUT2D eigenvalue weighted by atomic mass is 35.5. The van der Waals surface area contributed by atoms with Crippen LogP contribution in [-0.2, 0) is 12.8 Å². The number of benzene rings is 2. The molecule has 0 bridgehead atoms. The van der Waals surface area contributed by atoms with E-state index in [-0.39, 0.29) is 11.8 Å². The molecule has 116 valence electrons. The van der Waals surface area contributed by atoms with Crippen LogP contribution in [0, 0.1) is 5.82 Å². The molecule has 0 saturated heterocycles. The Hall–Kier alpha value is -2.07. The normalized spacial score (nSPS) is 10.3. The van der Waals surface area contributed by atoms with Crippen molar-refractivity contribution in [2.24, 2.45) is 0 Å². The van der Waals surface area contributed by atoms with E-state index in [2.05, 4.69) is 10.6 Å². The van der Waals surface area contributed by atoms with Crippen molar-refractivity contribution in [3.05, 3.63) is 70.5 Å². The van der Waals surface area contributed by atoms with Crippen LogP contribution in [0.15, 0.2) is 48.5 Å². The van der Waals surface area contributed by atoms with Crippen LogP contribution in [0.1, 0.15) is 11.1 Å². The Bertz CT molecular complexity index is 616. The number of carbonyl (C=O) groups excluding carboxylic acids is 1. The minimum Gasteiger partial charge on any atom is -0.338 e. The lowest BCUT2D eigenvalue weighted by Gasteiger charge is -2.08. The molecule has 2 amide bonds. The minimum atomic E-state index is -0.256. The number of halogens is 2. The lowest BCUT2D eigenvalue weighted by atomic mass is 10.1. The maximum atomic E-state index is 12.8. The van der Waals surface area contributed by atoms with Gasteiger partial charge >= 0.3 is 6.03 Å². The molecular formula is C17H18ClFN2O. The summed E-state index contributed by atoms with van der Waals surface area (Å²) in [6.07, 6.45) is 1.35.